The molecule has 0 spiro atoms. The fourth-order valence-electron chi connectivity index (χ4n) is 4.18. The van der Waals surface area contributed by atoms with Crippen molar-refractivity contribution in [2.45, 2.75) is 20.3 Å². The Hall–Kier alpha value is -3.73. The molecule has 0 unspecified atom stereocenters. The van der Waals surface area contributed by atoms with E-state index in [4.69, 9.17) is 42.6 Å². The molecule has 0 aliphatic rings. The van der Waals surface area contributed by atoms with E-state index in [1.54, 1.807) is 6.07 Å². The fraction of sp³-hybridized carbons (Fsp3) is 0.100. The highest BCUT2D eigenvalue weighted by Crippen LogP contribution is 2.38. The fourth-order valence-corrected chi connectivity index (χ4v) is 4.71. The smallest absolute Gasteiger partial charge is 0.163 e. The summed E-state index contributed by atoms with van der Waals surface area (Å²) in [6.07, 6.45) is 0.498. The second kappa shape index (κ2) is 10.5. The Labute approximate surface area is 219 Å². The molecule has 0 saturated carbocycles. The molecule has 0 atom stereocenters. The average molecular weight is 512 g/mol. The van der Waals surface area contributed by atoms with Crippen molar-refractivity contribution in [1.29, 1.82) is 0 Å². The first-order valence-electron chi connectivity index (χ1n) is 11.8. The van der Waals surface area contributed by atoms with Crippen LogP contribution in [0.2, 0.25) is 10.0 Å². The molecule has 0 saturated heterocycles. The zero-order chi connectivity index (χ0) is 25.1. The molecule has 2 aromatic heterocycles. The van der Waals surface area contributed by atoms with Gasteiger partial charge < -0.3 is 4.42 Å². The SMILES string of the molecule is CC.Clc1cc(Cl)c2oc3cccc(Cc4nc(-c5ccccc5)nc(-c5ccccc5)n4)c3c2c1. The summed E-state index contributed by atoms with van der Waals surface area (Å²) in [5.41, 5.74) is 4.28. The van der Waals surface area contributed by atoms with Gasteiger partial charge in [-0.1, -0.05) is 110 Å². The van der Waals surface area contributed by atoms with Crippen LogP contribution in [0, 0.1) is 0 Å². The maximum absolute atomic E-state index is 6.41. The monoisotopic (exact) mass is 511 g/mol. The maximum atomic E-state index is 6.41. The predicted molar refractivity (Wildman–Crippen MR) is 149 cm³/mol. The van der Waals surface area contributed by atoms with E-state index in [0.717, 1.165) is 33.0 Å². The van der Waals surface area contributed by atoms with Gasteiger partial charge in [0, 0.05) is 33.3 Å². The molecule has 0 aliphatic heterocycles. The number of hydrogen-bond acceptors (Lipinski definition) is 4. The molecule has 0 N–H and O–H groups in total. The van der Waals surface area contributed by atoms with Crippen LogP contribution in [0.5, 0.6) is 0 Å². The highest BCUT2D eigenvalue weighted by molar-refractivity contribution is 6.39. The van der Waals surface area contributed by atoms with Gasteiger partial charge in [-0.05, 0) is 23.8 Å². The summed E-state index contributed by atoms with van der Waals surface area (Å²) >= 11 is 12.7. The Bertz CT molecular complexity index is 1590. The molecule has 36 heavy (non-hydrogen) atoms. The van der Waals surface area contributed by atoms with E-state index < -0.39 is 0 Å². The van der Waals surface area contributed by atoms with Crippen LogP contribution in [-0.4, -0.2) is 15.0 Å². The standard InChI is InChI=1S/C28H17Cl2N3O.C2H6/c29-20-15-21-25-19(12-7-13-23(25)34-26(21)22(30)16-20)14-24-31-27(17-8-3-1-4-9-17)33-28(32-24)18-10-5-2-6-11-18;1-2/h1-13,15-16H,14H2;1-2H3. The highest BCUT2D eigenvalue weighted by Gasteiger charge is 2.17. The van der Waals surface area contributed by atoms with Gasteiger partial charge in [-0.25, -0.2) is 15.0 Å². The number of benzene rings is 4. The van der Waals surface area contributed by atoms with Crippen molar-refractivity contribution >= 4 is 45.1 Å². The van der Waals surface area contributed by atoms with Crippen LogP contribution in [0.4, 0.5) is 0 Å². The van der Waals surface area contributed by atoms with Gasteiger partial charge in [0.25, 0.3) is 0 Å². The van der Waals surface area contributed by atoms with Crippen molar-refractivity contribution in [1.82, 2.24) is 15.0 Å². The molecule has 6 rings (SSSR count). The van der Waals surface area contributed by atoms with Crippen LogP contribution in [0.25, 0.3) is 44.7 Å². The molecule has 4 aromatic carbocycles. The molecule has 4 nitrogen and oxygen atoms in total. The van der Waals surface area contributed by atoms with E-state index in [2.05, 4.69) is 6.07 Å². The third-order valence-electron chi connectivity index (χ3n) is 5.70. The first-order valence-corrected chi connectivity index (χ1v) is 12.6. The van der Waals surface area contributed by atoms with Gasteiger partial charge in [0.2, 0.25) is 0 Å². The van der Waals surface area contributed by atoms with Crippen molar-refractivity contribution in [3.05, 3.63) is 112 Å². The normalized spacial score (nSPS) is 10.9. The summed E-state index contributed by atoms with van der Waals surface area (Å²) in [5, 5.41) is 2.89. The van der Waals surface area contributed by atoms with Gasteiger partial charge in [-0.3, -0.25) is 0 Å². The average Bonchev–Trinajstić information content (AvgIpc) is 3.31. The Balaban J connectivity index is 0.00000130. The summed E-state index contributed by atoms with van der Waals surface area (Å²) in [5.74, 6) is 1.95. The third-order valence-corrected chi connectivity index (χ3v) is 6.20. The van der Waals surface area contributed by atoms with Crippen LogP contribution < -0.4 is 0 Å². The van der Waals surface area contributed by atoms with Crippen molar-refractivity contribution in [3.63, 3.8) is 0 Å². The Morgan fingerprint density at radius 2 is 1.31 bits per heavy atom. The first kappa shape index (κ1) is 24.0. The molecule has 2 heterocycles. The molecule has 6 aromatic rings. The third kappa shape index (κ3) is 4.70. The topological polar surface area (TPSA) is 51.8 Å². The zero-order valence-corrected chi connectivity index (χ0v) is 21.4. The Morgan fingerprint density at radius 3 is 1.92 bits per heavy atom. The summed E-state index contributed by atoms with van der Waals surface area (Å²) in [6, 6.07) is 29.4. The molecular weight excluding hydrogens is 489 g/mol. The van der Waals surface area contributed by atoms with Crippen molar-refractivity contribution in [2.24, 2.45) is 0 Å². The minimum atomic E-state index is 0.488. The quantitative estimate of drug-likeness (QED) is 0.236. The predicted octanol–water partition coefficient (Wildman–Crippen LogP) is 9.03. The van der Waals surface area contributed by atoms with Crippen molar-refractivity contribution < 1.29 is 4.42 Å². The van der Waals surface area contributed by atoms with Gasteiger partial charge in [-0.15, -0.1) is 0 Å². The molecule has 0 amide bonds. The lowest BCUT2D eigenvalue weighted by atomic mass is 10.0. The molecule has 0 fully saturated rings. The van der Waals surface area contributed by atoms with E-state index in [1.807, 2.05) is 92.7 Å². The van der Waals surface area contributed by atoms with Crippen LogP contribution in [0.3, 0.4) is 0 Å². The van der Waals surface area contributed by atoms with Crippen LogP contribution in [0.1, 0.15) is 25.2 Å². The van der Waals surface area contributed by atoms with E-state index in [9.17, 15) is 0 Å². The number of fused-ring (bicyclic) bond motifs is 3. The lowest BCUT2D eigenvalue weighted by Crippen LogP contribution is -2.04. The summed E-state index contributed by atoms with van der Waals surface area (Å²) < 4.78 is 6.06. The lowest BCUT2D eigenvalue weighted by Gasteiger charge is -2.09. The molecule has 0 radical (unpaired) electrons. The van der Waals surface area contributed by atoms with Crippen molar-refractivity contribution in [2.75, 3.05) is 0 Å². The number of nitrogens with zero attached hydrogens (tertiary/aromatic N) is 3. The molecule has 178 valence electrons. The second-order valence-corrected chi connectivity index (χ2v) is 8.81. The summed E-state index contributed by atoms with van der Waals surface area (Å²) in [7, 11) is 0. The van der Waals surface area contributed by atoms with E-state index in [1.165, 1.54) is 0 Å². The van der Waals surface area contributed by atoms with Gasteiger partial charge in [0.15, 0.2) is 17.2 Å². The van der Waals surface area contributed by atoms with Gasteiger partial charge in [0.1, 0.15) is 11.4 Å². The number of rotatable bonds is 4. The largest absolute Gasteiger partial charge is 0.454 e. The maximum Gasteiger partial charge on any atom is 0.163 e. The van der Waals surface area contributed by atoms with Gasteiger partial charge in [-0.2, -0.15) is 0 Å². The Morgan fingerprint density at radius 1 is 0.694 bits per heavy atom. The summed E-state index contributed by atoms with van der Waals surface area (Å²) in [6.45, 7) is 4.00. The Kier molecular flexibility index (Phi) is 6.99. The van der Waals surface area contributed by atoms with E-state index in [0.29, 0.717) is 39.5 Å². The molecule has 0 aliphatic carbocycles. The minimum absolute atomic E-state index is 0.488. The highest BCUT2D eigenvalue weighted by atomic mass is 35.5. The van der Waals surface area contributed by atoms with Crippen LogP contribution >= 0.6 is 23.2 Å². The minimum Gasteiger partial charge on any atom is -0.454 e. The second-order valence-electron chi connectivity index (χ2n) is 7.96. The molecule has 6 heteroatoms. The van der Waals surface area contributed by atoms with E-state index >= 15 is 0 Å². The number of halogens is 2. The zero-order valence-electron chi connectivity index (χ0n) is 19.9. The lowest BCUT2D eigenvalue weighted by molar-refractivity contribution is 0.669. The van der Waals surface area contributed by atoms with Gasteiger partial charge >= 0.3 is 0 Å². The number of hydrogen-bond donors (Lipinski definition) is 0. The van der Waals surface area contributed by atoms with Crippen molar-refractivity contribution in [3.8, 4) is 22.8 Å². The molecular formula is C30H23Cl2N3O. The summed E-state index contributed by atoms with van der Waals surface area (Å²) in [4.78, 5) is 14.4. The number of aromatic nitrogens is 3. The van der Waals surface area contributed by atoms with E-state index in [-0.39, 0.29) is 0 Å². The molecule has 0 bridgehead atoms. The first-order chi connectivity index (χ1) is 17.7. The van der Waals surface area contributed by atoms with Crippen LogP contribution in [-0.2, 0) is 6.42 Å². The number of furan rings is 1. The van der Waals surface area contributed by atoms with Gasteiger partial charge in [0.05, 0.1) is 5.02 Å². The van der Waals surface area contributed by atoms with Crippen LogP contribution in [0.15, 0.2) is 95.4 Å².